The summed E-state index contributed by atoms with van der Waals surface area (Å²) in [6, 6.07) is 3.82. The van der Waals surface area contributed by atoms with Crippen LogP contribution in [0.1, 0.15) is 76.7 Å². The van der Waals surface area contributed by atoms with Gasteiger partial charge in [-0.2, -0.15) is 0 Å². The number of nitro groups is 1. The highest BCUT2D eigenvalue weighted by Gasteiger charge is 2.10. The summed E-state index contributed by atoms with van der Waals surface area (Å²) < 4.78 is 54.9. The summed E-state index contributed by atoms with van der Waals surface area (Å²) in [4.78, 5) is 10.3. The molecule has 0 aliphatic rings. The minimum atomic E-state index is -0.518. The third-order valence-electron chi connectivity index (χ3n) is 7.52. The van der Waals surface area contributed by atoms with Crippen LogP contribution in [0.4, 0.5) is 5.69 Å². The van der Waals surface area contributed by atoms with E-state index in [9.17, 15) is 15.2 Å². The molecule has 0 saturated heterocycles. The number of phenols is 1. The van der Waals surface area contributed by atoms with Crippen molar-refractivity contribution in [2.45, 2.75) is 77.7 Å². The minimum absolute atomic E-state index is 0.0450. The van der Waals surface area contributed by atoms with Gasteiger partial charge in [-0.05, 0) is 12.5 Å². The summed E-state index contributed by atoms with van der Waals surface area (Å²) in [5, 5.41) is 20.6. The zero-order valence-electron chi connectivity index (χ0n) is 31.2. The molecule has 14 nitrogen and oxygen atoms in total. The van der Waals surface area contributed by atoms with Crippen molar-refractivity contribution in [3.63, 3.8) is 0 Å². The zero-order valence-corrected chi connectivity index (χ0v) is 31.2. The third kappa shape index (κ3) is 32.4. The molecule has 1 N–H and O–H groups in total. The van der Waals surface area contributed by atoms with E-state index >= 15 is 0 Å². The van der Waals surface area contributed by atoms with Gasteiger partial charge in [0.25, 0.3) is 5.69 Å². The molecule has 0 atom stereocenters. The Morgan fingerprint density at radius 3 is 1.14 bits per heavy atom. The summed E-state index contributed by atoms with van der Waals surface area (Å²) in [6.45, 7) is 11.8. The van der Waals surface area contributed by atoms with E-state index in [2.05, 4.69) is 6.92 Å². The molecule has 1 rings (SSSR count). The Hall–Kier alpha value is -1.98. The maximum Gasteiger partial charge on any atom is 0.270 e. The second kappa shape index (κ2) is 37.8. The molecule has 0 radical (unpaired) electrons. The first-order valence-corrected chi connectivity index (χ1v) is 18.9. The normalized spacial score (nSPS) is 11.5. The Morgan fingerprint density at radius 2 is 0.784 bits per heavy atom. The molecule has 0 heterocycles. The van der Waals surface area contributed by atoms with Gasteiger partial charge in [-0.25, -0.2) is 0 Å². The molecule has 0 fully saturated rings. The number of non-ortho nitro benzene ring substituents is 1. The van der Waals surface area contributed by atoms with E-state index in [1.165, 1.54) is 76.0 Å². The van der Waals surface area contributed by atoms with Crippen LogP contribution in [0.3, 0.4) is 0 Å². The van der Waals surface area contributed by atoms with Crippen LogP contribution in [-0.2, 0) is 54.0 Å². The highest BCUT2D eigenvalue weighted by atomic mass is 16.6. The first-order valence-electron chi connectivity index (χ1n) is 18.9. The number of aromatic hydroxyl groups is 1. The van der Waals surface area contributed by atoms with Crippen LogP contribution in [0.2, 0.25) is 0 Å². The zero-order chi connectivity index (χ0) is 36.7. The summed E-state index contributed by atoms with van der Waals surface area (Å²) in [5.74, 6) is -0.0450. The van der Waals surface area contributed by atoms with Gasteiger partial charge in [0.2, 0.25) is 0 Å². The second-order valence-electron chi connectivity index (χ2n) is 11.8. The van der Waals surface area contributed by atoms with Crippen LogP contribution in [0.15, 0.2) is 18.2 Å². The van der Waals surface area contributed by atoms with Crippen molar-refractivity contribution in [2.24, 2.45) is 0 Å². The SMILES string of the molecule is CCCCCCCCCCCCOCCOCCOCCOCCOCCOCCOCCOCCOCCOCc1cc([N+](=O)[O-])ccc1O. The molecular weight excluding hydrogens is 666 g/mol. The number of hydrogen-bond donors (Lipinski definition) is 1. The van der Waals surface area contributed by atoms with Crippen molar-refractivity contribution < 1.29 is 57.4 Å². The fraction of sp³-hybridized carbons (Fsp3) is 0.838. The number of hydrogen-bond acceptors (Lipinski definition) is 13. The van der Waals surface area contributed by atoms with Gasteiger partial charge in [-0.1, -0.05) is 64.7 Å². The number of nitrogens with zero attached hydrogens (tertiary/aromatic N) is 1. The van der Waals surface area contributed by atoms with Crippen molar-refractivity contribution in [1.82, 2.24) is 0 Å². The van der Waals surface area contributed by atoms with Gasteiger partial charge in [0, 0.05) is 24.3 Å². The molecular formula is C37H67NO13. The highest BCUT2D eigenvalue weighted by molar-refractivity contribution is 5.42. The largest absolute Gasteiger partial charge is 0.508 e. The van der Waals surface area contributed by atoms with Crippen molar-refractivity contribution in [1.29, 1.82) is 0 Å². The van der Waals surface area contributed by atoms with E-state index in [0.29, 0.717) is 118 Å². The minimum Gasteiger partial charge on any atom is -0.508 e. The molecule has 0 saturated carbocycles. The van der Waals surface area contributed by atoms with Gasteiger partial charge in [0.05, 0.1) is 130 Å². The molecule has 1 aromatic rings. The molecule has 0 amide bonds. The van der Waals surface area contributed by atoms with Gasteiger partial charge in [0.15, 0.2) is 0 Å². The van der Waals surface area contributed by atoms with Crippen LogP contribution in [0, 0.1) is 10.1 Å². The number of phenolic OH excluding ortho intramolecular Hbond substituents is 1. The molecule has 14 heteroatoms. The molecule has 0 bridgehead atoms. The van der Waals surface area contributed by atoms with E-state index in [1.807, 2.05) is 0 Å². The van der Waals surface area contributed by atoms with Crippen molar-refractivity contribution in [3.05, 3.63) is 33.9 Å². The molecule has 298 valence electrons. The number of nitro benzene ring substituents is 1. The van der Waals surface area contributed by atoms with E-state index in [1.54, 1.807) is 0 Å². The van der Waals surface area contributed by atoms with Gasteiger partial charge in [-0.15, -0.1) is 0 Å². The Labute approximate surface area is 305 Å². The van der Waals surface area contributed by atoms with Gasteiger partial charge in [-0.3, -0.25) is 10.1 Å². The Balaban J connectivity index is 1.66. The average Bonchev–Trinajstić information content (AvgIpc) is 3.13. The summed E-state index contributed by atoms with van der Waals surface area (Å²) >= 11 is 0. The van der Waals surface area contributed by atoms with Crippen LogP contribution in [0.5, 0.6) is 5.75 Å². The van der Waals surface area contributed by atoms with Gasteiger partial charge in [0.1, 0.15) is 5.75 Å². The van der Waals surface area contributed by atoms with Crippen molar-refractivity contribution in [2.75, 3.05) is 126 Å². The highest BCUT2D eigenvalue weighted by Crippen LogP contribution is 2.23. The summed E-state index contributed by atoms with van der Waals surface area (Å²) in [6.07, 6.45) is 13.3. The van der Waals surface area contributed by atoms with E-state index < -0.39 is 4.92 Å². The fourth-order valence-corrected chi connectivity index (χ4v) is 4.65. The van der Waals surface area contributed by atoms with Crippen molar-refractivity contribution in [3.8, 4) is 5.75 Å². The summed E-state index contributed by atoms with van der Waals surface area (Å²) in [5.41, 5.74) is 0.259. The Bertz CT molecular complexity index is 896. The molecule has 0 unspecified atom stereocenters. The molecule has 0 aliphatic heterocycles. The van der Waals surface area contributed by atoms with Crippen LogP contribution >= 0.6 is 0 Å². The van der Waals surface area contributed by atoms with E-state index in [0.717, 1.165) is 13.0 Å². The predicted molar refractivity (Wildman–Crippen MR) is 194 cm³/mol. The van der Waals surface area contributed by atoms with Gasteiger partial charge < -0.3 is 52.5 Å². The second-order valence-corrected chi connectivity index (χ2v) is 11.8. The lowest BCUT2D eigenvalue weighted by atomic mass is 10.1. The molecule has 0 aliphatic carbocycles. The number of ether oxygens (including phenoxy) is 10. The maximum atomic E-state index is 10.8. The smallest absolute Gasteiger partial charge is 0.270 e. The van der Waals surface area contributed by atoms with Gasteiger partial charge >= 0.3 is 0 Å². The molecule has 0 aromatic heterocycles. The van der Waals surface area contributed by atoms with Crippen LogP contribution in [-0.4, -0.2) is 136 Å². The fourth-order valence-electron chi connectivity index (χ4n) is 4.65. The number of benzene rings is 1. The third-order valence-corrected chi connectivity index (χ3v) is 7.52. The van der Waals surface area contributed by atoms with Crippen LogP contribution in [0.25, 0.3) is 0 Å². The molecule has 0 spiro atoms. The van der Waals surface area contributed by atoms with E-state index in [-0.39, 0.29) is 24.7 Å². The number of rotatable bonds is 41. The average molecular weight is 734 g/mol. The van der Waals surface area contributed by atoms with Crippen LogP contribution < -0.4 is 0 Å². The van der Waals surface area contributed by atoms with Crippen molar-refractivity contribution >= 4 is 5.69 Å². The lowest BCUT2D eigenvalue weighted by Crippen LogP contribution is -2.15. The Kier molecular flexibility index (Phi) is 34.8. The van der Waals surface area contributed by atoms with E-state index in [4.69, 9.17) is 47.4 Å². The standard InChI is InChI=1S/C37H67NO13/c1-2-3-4-5-6-7-8-9-10-11-14-42-15-16-43-17-18-44-19-20-45-21-22-46-23-24-47-25-26-48-27-28-49-29-30-50-31-32-51-34-35-33-36(38(40)41)12-13-37(35)39/h12-13,33,39H,2-11,14-32,34H2,1H3. The predicted octanol–water partition coefficient (Wildman–Crippen LogP) is 5.89. The lowest BCUT2D eigenvalue weighted by Gasteiger charge is -2.09. The molecule has 1 aromatic carbocycles. The quantitative estimate of drug-likeness (QED) is 0.0484. The number of unbranched alkanes of at least 4 members (excludes halogenated alkanes) is 9. The first kappa shape index (κ1) is 47.0. The topological polar surface area (TPSA) is 156 Å². The lowest BCUT2D eigenvalue weighted by molar-refractivity contribution is -0.385. The molecule has 51 heavy (non-hydrogen) atoms. The Morgan fingerprint density at radius 1 is 0.471 bits per heavy atom. The maximum absolute atomic E-state index is 10.8. The monoisotopic (exact) mass is 733 g/mol. The first-order chi connectivity index (χ1) is 25.1. The summed E-state index contributed by atoms with van der Waals surface area (Å²) in [7, 11) is 0.